The van der Waals surface area contributed by atoms with E-state index in [1.165, 1.54) is 50.2 Å². The molecule has 1 atom stereocenters. The summed E-state index contributed by atoms with van der Waals surface area (Å²) < 4.78 is 13.3. The van der Waals surface area contributed by atoms with Crippen molar-refractivity contribution in [3.8, 4) is 0 Å². The van der Waals surface area contributed by atoms with Gasteiger partial charge in [-0.25, -0.2) is 4.39 Å². The molecule has 0 aliphatic heterocycles. The Balaban J connectivity index is 1.59. The van der Waals surface area contributed by atoms with E-state index in [1.807, 2.05) is 6.07 Å². The average Bonchev–Trinajstić information content (AvgIpc) is 2.59. The van der Waals surface area contributed by atoms with Crippen LogP contribution in [-0.4, -0.2) is 0 Å². The van der Waals surface area contributed by atoms with E-state index in [9.17, 15) is 4.39 Å². The summed E-state index contributed by atoms with van der Waals surface area (Å²) in [6, 6.07) is 5.11. The second-order valence-corrected chi connectivity index (χ2v) is 7.19. The summed E-state index contributed by atoms with van der Waals surface area (Å²) in [5.74, 6) is 1.71. The van der Waals surface area contributed by atoms with Gasteiger partial charge in [0.2, 0.25) is 0 Å². The predicted octanol–water partition coefficient (Wildman–Crippen LogP) is 5.98. The van der Waals surface area contributed by atoms with Crippen LogP contribution in [0.15, 0.2) is 42.0 Å². The van der Waals surface area contributed by atoms with Crippen molar-refractivity contribution in [2.45, 2.75) is 57.8 Å². The molecule has 124 valence electrons. The molecule has 0 saturated heterocycles. The molecule has 0 radical (unpaired) electrons. The first-order valence-corrected chi connectivity index (χ1v) is 9.10. The van der Waals surface area contributed by atoms with E-state index in [1.54, 1.807) is 6.07 Å². The summed E-state index contributed by atoms with van der Waals surface area (Å²) >= 11 is 0. The molecule has 1 unspecified atom stereocenters. The minimum Gasteiger partial charge on any atom is -0.396 e. The first kappa shape index (κ1) is 16.3. The van der Waals surface area contributed by atoms with Gasteiger partial charge in [0.25, 0.3) is 0 Å². The van der Waals surface area contributed by atoms with Gasteiger partial charge >= 0.3 is 0 Å². The van der Waals surface area contributed by atoms with Crippen LogP contribution in [0.2, 0.25) is 0 Å². The third-order valence-electron chi connectivity index (χ3n) is 5.59. The van der Waals surface area contributed by atoms with Crippen LogP contribution in [0.25, 0.3) is 0 Å². The van der Waals surface area contributed by atoms with Crippen molar-refractivity contribution in [1.82, 2.24) is 0 Å². The lowest BCUT2D eigenvalue weighted by Crippen LogP contribution is -2.16. The number of hydrogen-bond acceptors (Lipinski definition) is 1. The van der Waals surface area contributed by atoms with Gasteiger partial charge in [-0.3, -0.25) is 0 Å². The maximum Gasteiger partial charge on any atom is 0.146 e. The molecule has 1 saturated carbocycles. The maximum atomic E-state index is 13.3. The van der Waals surface area contributed by atoms with Crippen LogP contribution in [0.4, 0.5) is 10.1 Å². The number of rotatable bonds is 4. The van der Waals surface area contributed by atoms with Crippen LogP contribution < -0.4 is 5.73 Å². The summed E-state index contributed by atoms with van der Waals surface area (Å²) in [4.78, 5) is 0. The molecule has 0 spiro atoms. The number of halogens is 1. The summed E-state index contributed by atoms with van der Waals surface area (Å²) in [5, 5.41) is 0. The number of nitrogens with two attached hydrogens (primary N) is 1. The predicted molar refractivity (Wildman–Crippen MR) is 95.7 cm³/mol. The van der Waals surface area contributed by atoms with Gasteiger partial charge in [-0.2, -0.15) is 0 Å². The van der Waals surface area contributed by atoms with Gasteiger partial charge in [0.1, 0.15) is 5.82 Å². The van der Waals surface area contributed by atoms with Crippen LogP contribution in [-0.2, 0) is 0 Å². The third-order valence-corrected chi connectivity index (χ3v) is 5.59. The molecule has 0 aromatic heterocycles. The van der Waals surface area contributed by atoms with E-state index in [-0.39, 0.29) is 11.5 Å². The molecule has 1 fully saturated rings. The highest BCUT2D eigenvalue weighted by Crippen LogP contribution is 2.38. The number of nitrogen functional groups attached to an aromatic ring is 1. The second kappa shape index (κ2) is 7.33. The number of anilines is 1. The van der Waals surface area contributed by atoms with Crippen molar-refractivity contribution in [1.29, 1.82) is 0 Å². The number of benzene rings is 1. The fraction of sp³-hybridized carbons (Fsp3) is 0.524. The van der Waals surface area contributed by atoms with E-state index in [0.717, 1.165) is 23.8 Å². The fourth-order valence-corrected chi connectivity index (χ4v) is 4.17. The van der Waals surface area contributed by atoms with Gasteiger partial charge in [-0.1, -0.05) is 44.1 Å². The van der Waals surface area contributed by atoms with Gasteiger partial charge in [-0.05, 0) is 67.2 Å². The lowest BCUT2D eigenvalue weighted by Gasteiger charge is -2.30. The zero-order chi connectivity index (χ0) is 16.2. The summed E-state index contributed by atoms with van der Waals surface area (Å²) in [6.45, 7) is 2.29. The molecule has 1 aromatic rings. The number of allylic oxidation sites excluding steroid dienone is 4. The SMILES string of the molecule is CCCC1CCC(C2=CCC(c3ccc(F)c(N)c3)C=C2)CC1. The topological polar surface area (TPSA) is 26.0 Å². The van der Waals surface area contributed by atoms with Crippen molar-refractivity contribution in [3.05, 3.63) is 53.4 Å². The van der Waals surface area contributed by atoms with Crippen LogP contribution in [0.3, 0.4) is 0 Å². The number of hydrogen-bond donors (Lipinski definition) is 1. The Kier molecular flexibility index (Phi) is 5.20. The molecule has 23 heavy (non-hydrogen) atoms. The Morgan fingerprint density at radius 3 is 2.57 bits per heavy atom. The Morgan fingerprint density at radius 1 is 1.17 bits per heavy atom. The Bertz CT molecular complexity index is 594. The van der Waals surface area contributed by atoms with Crippen LogP contribution in [0, 0.1) is 17.7 Å². The van der Waals surface area contributed by atoms with E-state index >= 15 is 0 Å². The lowest BCUT2D eigenvalue weighted by molar-refractivity contribution is 0.288. The fourth-order valence-electron chi connectivity index (χ4n) is 4.17. The van der Waals surface area contributed by atoms with Gasteiger partial charge in [0.05, 0.1) is 5.69 Å². The first-order chi connectivity index (χ1) is 11.2. The molecule has 2 heteroatoms. The molecule has 2 N–H and O–H groups in total. The molecule has 1 nitrogen and oxygen atoms in total. The molecular formula is C21H28FN. The molecule has 2 aliphatic carbocycles. The summed E-state index contributed by atoms with van der Waals surface area (Å²) in [5.41, 5.74) is 8.58. The Morgan fingerprint density at radius 2 is 1.96 bits per heavy atom. The molecule has 3 rings (SSSR count). The Hall–Kier alpha value is -1.57. The molecular weight excluding hydrogens is 285 g/mol. The van der Waals surface area contributed by atoms with Gasteiger partial charge in [0.15, 0.2) is 0 Å². The quantitative estimate of drug-likeness (QED) is 0.679. The normalized spacial score (nSPS) is 27.7. The molecule has 1 aromatic carbocycles. The van der Waals surface area contributed by atoms with Crippen molar-refractivity contribution in [2.75, 3.05) is 5.73 Å². The third kappa shape index (κ3) is 3.85. The van der Waals surface area contributed by atoms with E-state index in [0.29, 0.717) is 5.92 Å². The van der Waals surface area contributed by atoms with E-state index in [2.05, 4.69) is 25.2 Å². The second-order valence-electron chi connectivity index (χ2n) is 7.19. The van der Waals surface area contributed by atoms with Crippen LogP contribution >= 0.6 is 0 Å². The van der Waals surface area contributed by atoms with Gasteiger partial charge < -0.3 is 5.73 Å². The van der Waals surface area contributed by atoms with Crippen molar-refractivity contribution in [3.63, 3.8) is 0 Å². The highest BCUT2D eigenvalue weighted by molar-refractivity contribution is 5.45. The van der Waals surface area contributed by atoms with Crippen LogP contribution in [0.1, 0.15) is 63.4 Å². The zero-order valence-corrected chi connectivity index (χ0v) is 14.1. The molecule has 2 aliphatic rings. The summed E-state index contributed by atoms with van der Waals surface area (Å²) in [6.07, 6.45) is 16.2. The first-order valence-electron chi connectivity index (χ1n) is 9.10. The largest absolute Gasteiger partial charge is 0.396 e. The van der Waals surface area contributed by atoms with Crippen LogP contribution in [0.5, 0.6) is 0 Å². The van der Waals surface area contributed by atoms with Crippen molar-refractivity contribution in [2.24, 2.45) is 11.8 Å². The molecule has 0 heterocycles. The highest BCUT2D eigenvalue weighted by Gasteiger charge is 2.24. The lowest BCUT2D eigenvalue weighted by atomic mass is 9.75. The van der Waals surface area contributed by atoms with Crippen molar-refractivity contribution >= 4 is 5.69 Å². The van der Waals surface area contributed by atoms with E-state index < -0.39 is 0 Å². The standard InChI is InChI=1S/C21H28FN/c1-2-3-15-4-6-16(7-5-15)17-8-10-18(11-9-17)19-12-13-20(22)21(23)14-19/h8-10,12-16,18H,2-7,11,23H2,1H3. The van der Waals surface area contributed by atoms with Crippen molar-refractivity contribution < 1.29 is 4.39 Å². The average molecular weight is 313 g/mol. The van der Waals surface area contributed by atoms with Gasteiger partial charge in [-0.15, -0.1) is 0 Å². The maximum absolute atomic E-state index is 13.3. The minimum absolute atomic E-state index is 0.250. The minimum atomic E-state index is -0.325. The molecule has 0 bridgehead atoms. The Labute approximate surface area is 139 Å². The summed E-state index contributed by atoms with van der Waals surface area (Å²) in [7, 11) is 0. The van der Waals surface area contributed by atoms with Gasteiger partial charge in [0, 0.05) is 5.92 Å². The highest BCUT2D eigenvalue weighted by atomic mass is 19.1. The molecule has 0 amide bonds. The monoisotopic (exact) mass is 313 g/mol. The smallest absolute Gasteiger partial charge is 0.146 e. The van der Waals surface area contributed by atoms with E-state index in [4.69, 9.17) is 5.73 Å². The zero-order valence-electron chi connectivity index (χ0n) is 14.1.